The highest BCUT2D eigenvalue weighted by Gasteiger charge is 2.19. The molecule has 1 amide bonds. The van der Waals surface area contributed by atoms with Gasteiger partial charge >= 0.3 is 0 Å². The molecule has 1 fully saturated rings. The molecule has 0 saturated carbocycles. The molecule has 5 nitrogen and oxygen atoms in total. The van der Waals surface area contributed by atoms with Crippen molar-refractivity contribution in [3.05, 3.63) is 71.3 Å². The van der Waals surface area contributed by atoms with Gasteiger partial charge in [0.2, 0.25) is 5.91 Å². The maximum atomic E-state index is 14.3. The highest BCUT2D eigenvalue weighted by Crippen LogP contribution is 2.25. The topological polar surface area (TPSA) is 61.8 Å². The Morgan fingerprint density at radius 2 is 1.89 bits per heavy atom. The van der Waals surface area contributed by atoms with Crippen molar-refractivity contribution in [1.29, 1.82) is 0 Å². The van der Waals surface area contributed by atoms with Crippen LogP contribution in [-0.2, 0) is 9.53 Å². The quantitative estimate of drug-likeness (QED) is 0.747. The highest BCUT2D eigenvalue weighted by atomic mass is 19.1. The number of ether oxygens (including phenoxy) is 1. The highest BCUT2D eigenvalue weighted by molar-refractivity contribution is 5.92. The summed E-state index contributed by atoms with van der Waals surface area (Å²) >= 11 is 0. The van der Waals surface area contributed by atoms with Crippen molar-refractivity contribution >= 4 is 17.7 Å². The zero-order valence-electron chi connectivity index (χ0n) is 15.3. The first-order chi connectivity index (χ1) is 13.6. The molecule has 0 aromatic heterocycles. The zero-order valence-corrected chi connectivity index (χ0v) is 15.3. The van der Waals surface area contributed by atoms with Crippen LogP contribution in [0.5, 0.6) is 0 Å². The number of anilines is 1. The Morgan fingerprint density at radius 1 is 1.18 bits per heavy atom. The van der Waals surface area contributed by atoms with E-state index in [9.17, 15) is 18.7 Å². The van der Waals surface area contributed by atoms with Crippen molar-refractivity contribution in [3.8, 4) is 0 Å². The largest absolute Gasteiger partial charge is 0.394 e. The van der Waals surface area contributed by atoms with Crippen LogP contribution < -0.4 is 10.2 Å². The summed E-state index contributed by atoms with van der Waals surface area (Å²) in [4.78, 5) is 14.1. The minimum Gasteiger partial charge on any atom is -0.394 e. The maximum absolute atomic E-state index is 14.3. The fourth-order valence-corrected chi connectivity index (χ4v) is 2.99. The van der Waals surface area contributed by atoms with Gasteiger partial charge in [0, 0.05) is 19.2 Å². The van der Waals surface area contributed by atoms with E-state index < -0.39 is 11.9 Å². The average molecular weight is 388 g/mol. The molecular weight excluding hydrogens is 366 g/mol. The Bertz CT molecular complexity index is 834. The molecule has 0 bridgehead atoms. The summed E-state index contributed by atoms with van der Waals surface area (Å²) in [6.45, 7) is 1.88. The molecule has 3 rings (SSSR count). The first-order valence-corrected chi connectivity index (χ1v) is 9.04. The zero-order chi connectivity index (χ0) is 19.9. The molecule has 1 saturated heterocycles. The van der Waals surface area contributed by atoms with Crippen molar-refractivity contribution in [3.63, 3.8) is 0 Å². The fourth-order valence-electron chi connectivity index (χ4n) is 2.99. The van der Waals surface area contributed by atoms with Crippen LogP contribution in [0.4, 0.5) is 14.5 Å². The number of aliphatic hydroxyl groups excluding tert-OH is 1. The summed E-state index contributed by atoms with van der Waals surface area (Å²) in [6.07, 6.45) is 2.86. The van der Waals surface area contributed by atoms with Crippen molar-refractivity contribution in [1.82, 2.24) is 5.32 Å². The molecule has 1 heterocycles. The van der Waals surface area contributed by atoms with Crippen molar-refractivity contribution in [2.24, 2.45) is 0 Å². The minimum atomic E-state index is -0.675. The Hall–Kier alpha value is -2.77. The van der Waals surface area contributed by atoms with Gasteiger partial charge in [-0.25, -0.2) is 8.78 Å². The van der Waals surface area contributed by atoms with Gasteiger partial charge in [0.25, 0.3) is 0 Å². The second kappa shape index (κ2) is 9.43. The van der Waals surface area contributed by atoms with Gasteiger partial charge in [-0.15, -0.1) is 0 Å². The molecule has 7 heteroatoms. The van der Waals surface area contributed by atoms with Crippen LogP contribution in [0.15, 0.2) is 48.5 Å². The van der Waals surface area contributed by atoms with Gasteiger partial charge in [0.05, 0.1) is 31.5 Å². The number of halogens is 2. The molecule has 1 unspecified atom stereocenters. The van der Waals surface area contributed by atoms with E-state index in [1.165, 1.54) is 24.3 Å². The van der Waals surface area contributed by atoms with Gasteiger partial charge in [-0.2, -0.15) is 0 Å². The molecule has 28 heavy (non-hydrogen) atoms. The van der Waals surface area contributed by atoms with Gasteiger partial charge < -0.3 is 20.1 Å². The molecule has 0 radical (unpaired) electrons. The molecule has 1 atom stereocenters. The summed E-state index contributed by atoms with van der Waals surface area (Å²) in [5.41, 5.74) is 1.71. The lowest BCUT2D eigenvalue weighted by Crippen LogP contribution is -2.37. The van der Waals surface area contributed by atoms with E-state index >= 15 is 0 Å². The van der Waals surface area contributed by atoms with Crippen molar-refractivity contribution < 1.29 is 23.4 Å². The number of benzene rings is 2. The van der Waals surface area contributed by atoms with Gasteiger partial charge in [0.1, 0.15) is 11.6 Å². The summed E-state index contributed by atoms with van der Waals surface area (Å²) in [7, 11) is 0. The molecule has 0 spiro atoms. The van der Waals surface area contributed by atoms with E-state index in [-0.39, 0.29) is 18.2 Å². The third-order valence-corrected chi connectivity index (χ3v) is 4.52. The number of morpholine rings is 1. The van der Waals surface area contributed by atoms with Gasteiger partial charge in [0.15, 0.2) is 0 Å². The third kappa shape index (κ3) is 5.15. The monoisotopic (exact) mass is 388 g/mol. The van der Waals surface area contributed by atoms with Crippen LogP contribution in [0.1, 0.15) is 17.2 Å². The summed E-state index contributed by atoms with van der Waals surface area (Å²) < 4.78 is 32.5. The number of aliphatic hydroxyl groups is 1. The smallest absolute Gasteiger partial charge is 0.244 e. The number of carbonyl (C=O) groups excluding carboxylic acids is 1. The lowest BCUT2D eigenvalue weighted by molar-refractivity contribution is -0.117. The van der Waals surface area contributed by atoms with Crippen LogP contribution in [0, 0.1) is 11.6 Å². The SMILES string of the molecule is O=C(/C=C/c1ccc(F)cc1)NC(CO)c1ccc(F)c(N2CCOCC2)c1. The van der Waals surface area contributed by atoms with E-state index in [0.717, 1.165) is 0 Å². The van der Waals surface area contributed by atoms with Crippen LogP contribution in [-0.4, -0.2) is 43.9 Å². The van der Waals surface area contributed by atoms with Gasteiger partial charge in [-0.05, 0) is 41.5 Å². The molecule has 0 aliphatic carbocycles. The Labute approximate surface area is 162 Å². The van der Waals surface area contributed by atoms with E-state index in [1.807, 2.05) is 4.90 Å². The first kappa shape index (κ1) is 20.0. The van der Waals surface area contributed by atoms with Gasteiger partial charge in [-0.1, -0.05) is 18.2 Å². The van der Waals surface area contributed by atoms with Crippen LogP contribution in [0.25, 0.3) is 6.08 Å². The summed E-state index contributed by atoms with van der Waals surface area (Å²) in [5.74, 6) is -1.13. The van der Waals surface area contributed by atoms with Crippen LogP contribution >= 0.6 is 0 Å². The fraction of sp³-hybridized carbons (Fsp3) is 0.286. The second-order valence-electron chi connectivity index (χ2n) is 6.44. The van der Waals surface area contributed by atoms with E-state index in [1.54, 1.807) is 30.3 Å². The number of carbonyl (C=O) groups is 1. The van der Waals surface area contributed by atoms with E-state index in [2.05, 4.69) is 5.32 Å². The van der Waals surface area contributed by atoms with Gasteiger partial charge in [-0.3, -0.25) is 4.79 Å². The normalized spacial score (nSPS) is 15.6. The molecular formula is C21H22F2N2O3. The molecule has 148 valence electrons. The summed E-state index contributed by atoms with van der Waals surface area (Å²) in [6, 6.07) is 9.57. The lowest BCUT2D eigenvalue weighted by atomic mass is 10.1. The van der Waals surface area contributed by atoms with Crippen molar-refractivity contribution in [2.75, 3.05) is 37.8 Å². The minimum absolute atomic E-state index is 0.329. The number of hydrogen-bond donors (Lipinski definition) is 2. The molecule has 2 N–H and O–H groups in total. The molecule has 2 aromatic carbocycles. The predicted molar refractivity (Wildman–Crippen MR) is 103 cm³/mol. The predicted octanol–water partition coefficient (Wildman–Crippen LogP) is 2.66. The number of nitrogens with zero attached hydrogens (tertiary/aromatic N) is 1. The number of hydrogen-bond acceptors (Lipinski definition) is 4. The second-order valence-corrected chi connectivity index (χ2v) is 6.44. The van der Waals surface area contributed by atoms with Crippen LogP contribution in [0.3, 0.4) is 0 Å². The molecule has 1 aliphatic heterocycles. The summed E-state index contributed by atoms with van der Waals surface area (Å²) in [5, 5.41) is 12.4. The lowest BCUT2D eigenvalue weighted by Gasteiger charge is -2.30. The Kier molecular flexibility index (Phi) is 6.73. The number of rotatable bonds is 6. The molecule has 1 aliphatic rings. The van der Waals surface area contributed by atoms with Crippen molar-refractivity contribution in [2.45, 2.75) is 6.04 Å². The average Bonchev–Trinajstić information content (AvgIpc) is 2.73. The standard InChI is InChI=1S/C21H22F2N2O3/c22-17-5-1-15(2-6-17)3-8-21(27)24-19(14-26)16-4-7-18(23)20(13-16)25-9-11-28-12-10-25/h1-8,13,19,26H,9-12,14H2,(H,24,27)/b8-3+. The maximum Gasteiger partial charge on any atom is 0.244 e. The Morgan fingerprint density at radius 3 is 2.57 bits per heavy atom. The van der Waals surface area contributed by atoms with E-state index in [0.29, 0.717) is 43.1 Å². The van der Waals surface area contributed by atoms with Crippen LogP contribution in [0.2, 0.25) is 0 Å². The number of nitrogens with one attached hydrogen (secondary N) is 1. The number of amides is 1. The van der Waals surface area contributed by atoms with E-state index in [4.69, 9.17) is 4.74 Å². The molecule has 2 aromatic rings. The Balaban J connectivity index is 1.70. The third-order valence-electron chi connectivity index (χ3n) is 4.52. The first-order valence-electron chi connectivity index (χ1n) is 9.04.